The van der Waals surface area contributed by atoms with Crippen molar-refractivity contribution < 1.29 is 4.79 Å². The first-order valence-electron chi connectivity index (χ1n) is 12.6. The van der Waals surface area contributed by atoms with E-state index in [4.69, 9.17) is 5.73 Å². The van der Waals surface area contributed by atoms with Gasteiger partial charge in [0.1, 0.15) is 5.82 Å². The highest BCUT2D eigenvalue weighted by molar-refractivity contribution is 5.72. The van der Waals surface area contributed by atoms with Crippen LogP contribution in [0.15, 0.2) is 36.5 Å². The van der Waals surface area contributed by atoms with Gasteiger partial charge < -0.3 is 30.7 Å². The molecule has 0 spiro atoms. The molecule has 3 N–H and O–H groups in total. The molecular formula is C25H36N8O. The molecule has 3 saturated heterocycles. The van der Waals surface area contributed by atoms with Gasteiger partial charge in [0.25, 0.3) is 0 Å². The maximum Gasteiger partial charge on any atom is 0.314 e. The normalized spacial score (nSPS) is 20.4. The number of primary amides is 1. The molecule has 2 amide bonds. The summed E-state index contributed by atoms with van der Waals surface area (Å²) in [6.45, 7) is 7.47. The Morgan fingerprint density at radius 2 is 1.56 bits per heavy atom. The molecule has 3 aliphatic heterocycles. The number of piperazine rings is 1. The van der Waals surface area contributed by atoms with Crippen LogP contribution < -0.4 is 20.9 Å². The van der Waals surface area contributed by atoms with E-state index < -0.39 is 0 Å². The van der Waals surface area contributed by atoms with Crippen LogP contribution in [0.3, 0.4) is 0 Å². The van der Waals surface area contributed by atoms with Gasteiger partial charge in [-0.1, -0.05) is 6.42 Å². The number of benzene rings is 1. The number of anilines is 4. The summed E-state index contributed by atoms with van der Waals surface area (Å²) in [5.74, 6) is 1.43. The zero-order chi connectivity index (χ0) is 23.3. The largest absolute Gasteiger partial charge is 0.371 e. The molecule has 2 aromatic rings. The second-order valence-corrected chi connectivity index (χ2v) is 9.54. The van der Waals surface area contributed by atoms with E-state index in [1.165, 1.54) is 50.9 Å². The third kappa shape index (κ3) is 5.35. The lowest BCUT2D eigenvalue weighted by Gasteiger charge is -2.41. The van der Waals surface area contributed by atoms with E-state index in [1.807, 2.05) is 6.07 Å². The minimum Gasteiger partial charge on any atom is -0.371 e. The molecule has 9 nitrogen and oxygen atoms in total. The molecule has 0 aliphatic carbocycles. The highest BCUT2D eigenvalue weighted by Gasteiger charge is 2.25. The summed E-state index contributed by atoms with van der Waals surface area (Å²) in [6, 6.07) is 10.9. The van der Waals surface area contributed by atoms with Crippen molar-refractivity contribution in [3.63, 3.8) is 0 Å². The van der Waals surface area contributed by atoms with E-state index in [2.05, 4.69) is 54.2 Å². The number of nitrogens with zero attached hydrogens (tertiary/aromatic N) is 6. The Bertz CT molecular complexity index is 946. The van der Waals surface area contributed by atoms with E-state index in [0.717, 1.165) is 30.6 Å². The number of nitrogens with one attached hydrogen (secondary N) is 1. The number of amides is 2. The highest BCUT2D eigenvalue weighted by atomic mass is 16.2. The van der Waals surface area contributed by atoms with Crippen LogP contribution in [0.2, 0.25) is 0 Å². The lowest BCUT2D eigenvalue weighted by Crippen LogP contribution is -2.50. The number of rotatable bonds is 5. The second-order valence-electron chi connectivity index (χ2n) is 9.54. The predicted octanol–water partition coefficient (Wildman–Crippen LogP) is 2.88. The Kier molecular flexibility index (Phi) is 6.99. The molecule has 182 valence electrons. The zero-order valence-electron chi connectivity index (χ0n) is 19.9. The van der Waals surface area contributed by atoms with E-state index in [9.17, 15) is 4.79 Å². The Hall–Kier alpha value is -3.07. The lowest BCUT2D eigenvalue weighted by atomic mass is 9.99. The van der Waals surface area contributed by atoms with Crippen molar-refractivity contribution in [2.75, 3.05) is 67.5 Å². The van der Waals surface area contributed by atoms with Gasteiger partial charge in [-0.15, -0.1) is 0 Å². The molecule has 3 fully saturated rings. The molecule has 3 aliphatic rings. The van der Waals surface area contributed by atoms with Gasteiger partial charge in [-0.05, 0) is 69.1 Å². The third-order valence-corrected chi connectivity index (χ3v) is 7.42. The van der Waals surface area contributed by atoms with Gasteiger partial charge in [-0.25, -0.2) is 9.78 Å². The van der Waals surface area contributed by atoms with Crippen LogP contribution in [0.25, 0.3) is 0 Å². The van der Waals surface area contributed by atoms with Crippen LogP contribution in [0, 0.1) is 0 Å². The van der Waals surface area contributed by atoms with E-state index in [0.29, 0.717) is 32.1 Å². The number of nitrogens with two attached hydrogens (primary N) is 1. The van der Waals surface area contributed by atoms with Gasteiger partial charge in [-0.3, -0.25) is 0 Å². The van der Waals surface area contributed by atoms with Crippen molar-refractivity contribution >= 4 is 29.2 Å². The molecule has 5 rings (SSSR count). The van der Waals surface area contributed by atoms with Crippen LogP contribution >= 0.6 is 0 Å². The Balaban J connectivity index is 1.14. The minimum atomic E-state index is -0.362. The standard InChI is InChI=1S/C25H36N8O/c26-24(34)33-18-16-32(17-19-33)23-8-11-27-25(29-23)28-20-4-6-21(7-5-20)31-14-9-22(10-15-31)30-12-2-1-3-13-30/h4-8,11,22H,1-3,9-10,12-19H2,(H2,26,34)(H,27,28,29). The minimum absolute atomic E-state index is 0.362. The maximum absolute atomic E-state index is 11.3. The van der Waals surface area contributed by atoms with Crippen molar-refractivity contribution in [3.8, 4) is 0 Å². The zero-order valence-corrected chi connectivity index (χ0v) is 19.9. The van der Waals surface area contributed by atoms with Crippen molar-refractivity contribution in [3.05, 3.63) is 36.5 Å². The first-order valence-corrected chi connectivity index (χ1v) is 12.6. The van der Waals surface area contributed by atoms with Gasteiger partial charge in [0, 0.05) is 62.9 Å². The van der Waals surface area contributed by atoms with E-state index in [-0.39, 0.29) is 6.03 Å². The predicted molar refractivity (Wildman–Crippen MR) is 136 cm³/mol. The van der Waals surface area contributed by atoms with Gasteiger partial charge >= 0.3 is 6.03 Å². The van der Waals surface area contributed by atoms with Crippen LogP contribution in [0.4, 0.5) is 27.9 Å². The second kappa shape index (κ2) is 10.5. The Morgan fingerprint density at radius 3 is 2.24 bits per heavy atom. The van der Waals surface area contributed by atoms with Crippen LogP contribution in [0.1, 0.15) is 32.1 Å². The number of likely N-dealkylation sites (tertiary alicyclic amines) is 1. The summed E-state index contributed by atoms with van der Waals surface area (Å²) in [7, 11) is 0. The maximum atomic E-state index is 11.3. The highest BCUT2D eigenvalue weighted by Crippen LogP contribution is 2.26. The first-order chi connectivity index (χ1) is 16.7. The van der Waals surface area contributed by atoms with Crippen molar-refractivity contribution in [1.29, 1.82) is 0 Å². The summed E-state index contributed by atoms with van der Waals surface area (Å²) >= 11 is 0. The van der Waals surface area contributed by atoms with Crippen molar-refractivity contribution in [2.24, 2.45) is 5.73 Å². The fraction of sp³-hybridized carbons (Fsp3) is 0.560. The Morgan fingerprint density at radius 1 is 0.853 bits per heavy atom. The molecule has 34 heavy (non-hydrogen) atoms. The molecule has 0 saturated carbocycles. The molecule has 0 radical (unpaired) electrons. The van der Waals surface area contributed by atoms with Gasteiger partial charge in [0.2, 0.25) is 5.95 Å². The summed E-state index contributed by atoms with van der Waals surface area (Å²) in [5, 5.41) is 3.33. The summed E-state index contributed by atoms with van der Waals surface area (Å²) < 4.78 is 0. The molecule has 9 heteroatoms. The fourth-order valence-electron chi connectivity index (χ4n) is 5.40. The van der Waals surface area contributed by atoms with Crippen molar-refractivity contribution in [2.45, 2.75) is 38.1 Å². The number of carbonyl (C=O) groups is 1. The summed E-state index contributed by atoms with van der Waals surface area (Å²) in [5.41, 5.74) is 7.64. The number of hydrogen-bond acceptors (Lipinski definition) is 7. The molecule has 0 unspecified atom stereocenters. The number of piperidine rings is 2. The molecule has 0 bridgehead atoms. The third-order valence-electron chi connectivity index (χ3n) is 7.42. The summed E-state index contributed by atoms with van der Waals surface area (Å²) in [6.07, 6.45) is 8.42. The summed E-state index contributed by atoms with van der Waals surface area (Å²) in [4.78, 5) is 29.5. The number of urea groups is 1. The van der Waals surface area contributed by atoms with Gasteiger partial charge in [0.15, 0.2) is 0 Å². The SMILES string of the molecule is NC(=O)N1CCN(c2ccnc(Nc3ccc(N4CCC(N5CCCCC5)CC4)cc3)n2)CC1. The average Bonchev–Trinajstić information content (AvgIpc) is 2.90. The monoisotopic (exact) mass is 464 g/mol. The van der Waals surface area contributed by atoms with Crippen LogP contribution in [-0.2, 0) is 0 Å². The number of aromatic nitrogens is 2. The van der Waals surface area contributed by atoms with Gasteiger partial charge in [-0.2, -0.15) is 4.98 Å². The Labute approximate surface area is 201 Å². The van der Waals surface area contributed by atoms with E-state index in [1.54, 1.807) is 11.1 Å². The van der Waals surface area contributed by atoms with Gasteiger partial charge in [0.05, 0.1) is 0 Å². The molecule has 4 heterocycles. The number of carbonyl (C=O) groups excluding carboxylic acids is 1. The molecule has 0 atom stereocenters. The van der Waals surface area contributed by atoms with Crippen LogP contribution in [0.5, 0.6) is 0 Å². The molecule has 1 aromatic carbocycles. The fourth-order valence-corrected chi connectivity index (χ4v) is 5.40. The topological polar surface area (TPSA) is 93.9 Å². The van der Waals surface area contributed by atoms with E-state index >= 15 is 0 Å². The molecular weight excluding hydrogens is 428 g/mol. The quantitative estimate of drug-likeness (QED) is 0.703. The first kappa shape index (κ1) is 22.7. The van der Waals surface area contributed by atoms with Crippen molar-refractivity contribution in [1.82, 2.24) is 19.8 Å². The number of hydrogen-bond donors (Lipinski definition) is 2. The molecule has 1 aromatic heterocycles. The smallest absolute Gasteiger partial charge is 0.314 e. The van der Waals surface area contributed by atoms with Crippen LogP contribution in [-0.4, -0.2) is 84.2 Å². The lowest BCUT2D eigenvalue weighted by molar-refractivity contribution is 0.141. The average molecular weight is 465 g/mol.